The average Bonchev–Trinajstić information content (AvgIpc) is 2.55. The highest BCUT2D eigenvalue weighted by atomic mass is 19.1. The number of rotatable bonds is 10. The summed E-state index contributed by atoms with van der Waals surface area (Å²) in [5.41, 5.74) is 0.286. The number of nitrogens with one attached hydrogen (secondary N) is 2. The Kier molecular flexibility index (Phi) is 8.60. The molecule has 138 valence electrons. The van der Waals surface area contributed by atoms with E-state index in [0.29, 0.717) is 25.8 Å². The number of unbranched alkanes of at least 4 members (excludes halogenated alkanes) is 2. The Labute approximate surface area is 146 Å². The first-order chi connectivity index (χ1) is 11.8. The van der Waals surface area contributed by atoms with Crippen LogP contribution >= 0.6 is 0 Å². The molecule has 0 aliphatic carbocycles. The van der Waals surface area contributed by atoms with Crippen LogP contribution in [0.3, 0.4) is 0 Å². The van der Waals surface area contributed by atoms with Gasteiger partial charge in [-0.2, -0.15) is 0 Å². The zero-order chi connectivity index (χ0) is 18.8. The van der Waals surface area contributed by atoms with E-state index in [2.05, 4.69) is 10.6 Å². The van der Waals surface area contributed by atoms with Crippen molar-refractivity contribution in [3.05, 3.63) is 35.6 Å². The second-order valence-electron chi connectivity index (χ2n) is 6.20. The number of benzene rings is 1. The molecule has 0 bridgehead atoms. The third kappa shape index (κ3) is 7.78. The fraction of sp³-hybridized carbons (Fsp3) is 0.500. The summed E-state index contributed by atoms with van der Waals surface area (Å²) in [6.45, 7) is 4.07. The third-order valence-electron chi connectivity index (χ3n) is 3.71. The van der Waals surface area contributed by atoms with Gasteiger partial charge in [0.05, 0.1) is 0 Å². The van der Waals surface area contributed by atoms with Crippen LogP contribution in [0.4, 0.5) is 4.39 Å². The minimum Gasteiger partial charge on any atom is -0.481 e. The third-order valence-corrected chi connectivity index (χ3v) is 3.71. The molecule has 6 nitrogen and oxygen atoms in total. The molecule has 0 radical (unpaired) electrons. The summed E-state index contributed by atoms with van der Waals surface area (Å²) >= 11 is 0. The van der Waals surface area contributed by atoms with Gasteiger partial charge in [0.15, 0.2) is 0 Å². The van der Waals surface area contributed by atoms with Crippen molar-refractivity contribution in [2.75, 3.05) is 6.54 Å². The minimum atomic E-state index is -0.826. The SMILES string of the molecule is CC(C)C(NC(=O)c1ccc(F)cc1)C(=O)NCCCCCC(=O)O. The highest BCUT2D eigenvalue weighted by molar-refractivity contribution is 5.97. The molecule has 1 aromatic rings. The van der Waals surface area contributed by atoms with Crippen LogP contribution in [0, 0.1) is 11.7 Å². The van der Waals surface area contributed by atoms with Crippen LogP contribution in [0.1, 0.15) is 49.9 Å². The van der Waals surface area contributed by atoms with Crippen LogP contribution in [-0.2, 0) is 9.59 Å². The van der Waals surface area contributed by atoms with Crippen LogP contribution in [0.25, 0.3) is 0 Å². The largest absolute Gasteiger partial charge is 0.481 e. The van der Waals surface area contributed by atoms with E-state index in [4.69, 9.17) is 5.11 Å². The van der Waals surface area contributed by atoms with E-state index in [9.17, 15) is 18.8 Å². The van der Waals surface area contributed by atoms with E-state index < -0.39 is 23.7 Å². The van der Waals surface area contributed by atoms with Crippen molar-refractivity contribution in [2.24, 2.45) is 5.92 Å². The molecule has 25 heavy (non-hydrogen) atoms. The van der Waals surface area contributed by atoms with Gasteiger partial charge in [0, 0.05) is 18.5 Å². The van der Waals surface area contributed by atoms with Crippen LogP contribution in [0.2, 0.25) is 0 Å². The van der Waals surface area contributed by atoms with Gasteiger partial charge in [-0.1, -0.05) is 20.3 Å². The van der Waals surface area contributed by atoms with Gasteiger partial charge in [-0.3, -0.25) is 14.4 Å². The molecule has 1 atom stereocenters. The summed E-state index contributed by atoms with van der Waals surface area (Å²) in [7, 11) is 0. The molecule has 0 fully saturated rings. The Balaban J connectivity index is 2.46. The lowest BCUT2D eigenvalue weighted by Crippen LogP contribution is -2.49. The second-order valence-corrected chi connectivity index (χ2v) is 6.20. The van der Waals surface area contributed by atoms with Crippen molar-refractivity contribution in [1.82, 2.24) is 10.6 Å². The molecular formula is C18H25FN2O4. The topological polar surface area (TPSA) is 95.5 Å². The Bertz CT molecular complexity index is 587. The van der Waals surface area contributed by atoms with Gasteiger partial charge in [0.1, 0.15) is 11.9 Å². The summed E-state index contributed by atoms with van der Waals surface area (Å²) in [5.74, 6) is -2.10. The Hall–Kier alpha value is -2.44. The second kappa shape index (κ2) is 10.4. The Morgan fingerprint density at radius 3 is 2.28 bits per heavy atom. The summed E-state index contributed by atoms with van der Waals surface area (Å²) in [5, 5.41) is 14.0. The fourth-order valence-corrected chi connectivity index (χ4v) is 2.26. The van der Waals surface area contributed by atoms with Gasteiger partial charge in [0.25, 0.3) is 5.91 Å². The molecule has 0 aliphatic rings. The van der Waals surface area contributed by atoms with E-state index in [-0.39, 0.29) is 23.8 Å². The number of amides is 2. The number of halogens is 1. The molecule has 0 saturated heterocycles. The molecule has 2 amide bonds. The molecule has 0 aromatic heterocycles. The maximum atomic E-state index is 12.9. The molecule has 3 N–H and O–H groups in total. The van der Waals surface area contributed by atoms with Crippen molar-refractivity contribution < 1.29 is 23.9 Å². The van der Waals surface area contributed by atoms with Crippen molar-refractivity contribution in [1.29, 1.82) is 0 Å². The molecule has 1 rings (SSSR count). The van der Waals surface area contributed by atoms with Gasteiger partial charge in [-0.05, 0) is 43.0 Å². The smallest absolute Gasteiger partial charge is 0.303 e. The number of carbonyl (C=O) groups excluding carboxylic acids is 2. The lowest BCUT2D eigenvalue weighted by atomic mass is 10.0. The number of hydrogen-bond acceptors (Lipinski definition) is 3. The van der Waals surface area contributed by atoms with Crippen molar-refractivity contribution in [3.8, 4) is 0 Å². The summed E-state index contributed by atoms with van der Waals surface area (Å²) in [6, 6.07) is 4.41. The molecule has 0 aliphatic heterocycles. The van der Waals surface area contributed by atoms with E-state index in [1.54, 1.807) is 0 Å². The standard InChI is InChI=1S/C18H25FN2O4/c1-12(2)16(18(25)20-11-5-3-4-6-15(22)23)21-17(24)13-7-9-14(19)10-8-13/h7-10,12,16H,3-6,11H2,1-2H3,(H,20,25)(H,21,24)(H,22,23). The van der Waals surface area contributed by atoms with Gasteiger partial charge in [-0.15, -0.1) is 0 Å². The van der Waals surface area contributed by atoms with Crippen LogP contribution in [0.5, 0.6) is 0 Å². The molecule has 1 unspecified atom stereocenters. The fourth-order valence-electron chi connectivity index (χ4n) is 2.26. The summed E-state index contributed by atoms with van der Waals surface area (Å²) < 4.78 is 12.9. The zero-order valence-electron chi connectivity index (χ0n) is 14.5. The monoisotopic (exact) mass is 352 g/mol. The Morgan fingerprint density at radius 2 is 1.72 bits per heavy atom. The highest BCUT2D eigenvalue weighted by Crippen LogP contribution is 2.07. The first-order valence-electron chi connectivity index (χ1n) is 8.37. The maximum absolute atomic E-state index is 12.9. The van der Waals surface area contributed by atoms with E-state index >= 15 is 0 Å². The van der Waals surface area contributed by atoms with Crippen molar-refractivity contribution in [2.45, 2.75) is 45.6 Å². The molecule has 0 spiro atoms. The molecule has 0 heterocycles. The van der Waals surface area contributed by atoms with Crippen LogP contribution in [-0.4, -0.2) is 35.5 Å². The lowest BCUT2D eigenvalue weighted by molar-refractivity contribution is -0.137. The van der Waals surface area contributed by atoms with Crippen LogP contribution < -0.4 is 10.6 Å². The van der Waals surface area contributed by atoms with Gasteiger partial charge in [0.2, 0.25) is 5.91 Å². The normalized spacial score (nSPS) is 11.8. The van der Waals surface area contributed by atoms with Gasteiger partial charge < -0.3 is 15.7 Å². The molecule has 7 heteroatoms. The van der Waals surface area contributed by atoms with Gasteiger partial charge >= 0.3 is 5.97 Å². The first-order valence-corrected chi connectivity index (χ1v) is 8.37. The molecular weight excluding hydrogens is 327 g/mol. The van der Waals surface area contributed by atoms with Crippen molar-refractivity contribution >= 4 is 17.8 Å². The summed E-state index contributed by atoms with van der Waals surface area (Å²) in [4.78, 5) is 34.9. The number of carboxylic acid groups (broad SMARTS) is 1. The number of carboxylic acids is 1. The highest BCUT2D eigenvalue weighted by Gasteiger charge is 2.24. The van der Waals surface area contributed by atoms with E-state index in [1.165, 1.54) is 24.3 Å². The lowest BCUT2D eigenvalue weighted by Gasteiger charge is -2.21. The van der Waals surface area contributed by atoms with E-state index in [0.717, 1.165) is 0 Å². The first kappa shape index (κ1) is 20.6. The maximum Gasteiger partial charge on any atom is 0.303 e. The molecule has 1 aromatic carbocycles. The van der Waals surface area contributed by atoms with Gasteiger partial charge in [-0.25, -0.2) is 4.39 Å². The minimum absolute atomic E-state index is 0.114. The predicted octanol–water partition coefficient (Wildman–Crippen LogP) is 2.34. The van der Waals surface area contributed by atoms with Crippen LogP contribution in [0.15, 0.2) is 24.3 Å². The number of carbonyl (C=O) groups is 3. The zero-order valence-corrected chi connectivity index (χ0v) is 14.5. The predicted molar refractivity (Wildman–Crippen MR) is 91.6 cm³/mol. The average molecular weight is 352 g/mol. The van der Waals surface area contributed by atoms with Crippen molar-refractivity contribution in [3.63, 3.8) is 0 Å². The molecule has 0 saturated carbocycles. The summed E-state index contributed by atoms with van der Waals surface area (Å²) in [6.07, 6.45) is 2.08. The quantitative estimate of drug-likeness (QED) is 0.563. The van der Waals surface area contributed by atoms with E-state index in [1.807, 2.05) is 13.8 Å². The number of hydrogen-bond donors (Lipinski definition) is 3. The number of aliphatic carboxylic acids is 1. The Morgan fingerprint density at radius 1 is 1.08 bits per heavy atom.